The first-order valence-electron chi connectivity index (χ1n) is 6.77. The van der Waals surface area contributed by atoms with E-state index in [2.05, 4.69) is 0 Å². The molecule has 0 spiro atoms. The number of imide groups is 1. The highest BCUT2D eigenvalue weighted by atomic mass is 16.5. The number of ether oxygens (including phenoxy) is 1. The summed E-state index contributed by atoms with van der Waals surface area (Å²) in [5, 5.41) is 0. The molecule has 1 aliphatic rings. The SMILES string of the molecule is CN(C)c1cccc(C(=O)OCC(=O)N2CCCC2=O)c1. The molecule has 0 radical (unpaired) electrons. The molecule has 2 rings (SSSR count). The van der Waals surface area contributed by atoms with E-state index in [4.69, 9.17) is 4.74 Å². The number of anilines is 1. The summed E-state index contributed by atoms with van der Waals surface area (Å²) in [6.07, 6.45) is 1.05. The number of rotatable bonds is 4. The van der Waals surface area contributed by atoms with Crippen molar-refractivity contribution in [3.05, 3.63) is 29.8 Å². The van der Waals surface area contributed by atoms with Gasteiger partial charge < -0.3 is 9.64 Å². The van der Waals surface area contributed by atoms with Gasteiger partial charge in [0, 0.05) is 32.7 Å². The lowest BCUT2D eigenvalue weighted by molar-refractivity contribution is -0.143. The van der Waals surface area contributed by atoms with Crippen molar-refractivity contribution in [2.75, 3.05) is 32.1 Å². The van der Waals surface area contributed by atoms with Crippen molar-refractivity contribution in [3.63, 3.8) is 0 Å². The van der Waals surface area contributed by atoms with Crippen LogP contribution in [0.1, 0.15) is 23.2 Å². The molecular weight excluding hydrogens is 272 g/mol. The molecule has 0 N–H and O–H groups in total. The monoisotopic (exact) mass is 290 g/mol. The Morgan fingerprint density at radius 2 is 2.10 bits per heavy atom. The van der Waals surface area contributed by atoms with E-state index in [1.165, 1.54) is 0 Å². The first kappa shape index (κ1) is 15.0. The molecule has 1 aliphatic heterocycles. The Hall–Kier alpha value is -2.37. The minimum Gasteiger partial charge on any atom is -0.452 e. The first-order valence-corrected chi connectivity index (χ1v) is 6.77. The first-order chi connectivity index (χ1) is 9.99. The smallest absolute Gasteiger partial charge is 0.338 e. The predicted molar refractivity (Wildman–Crippen MR) is 77.0 cm³/mol. The topological polar surface area (TPSA) is 66.9 Å². The lowest BCUT2D eigenvalue weighted by Crippen LogP contribution is -2.35. The Morgan fingerprint density at radius 3 is 2.71 bits per heavy atom. The molecule has 1 aromatic rings. The van der Waals surface area contributed by atoms with E-state index in [0.29, 0.717) is 24.9 Å². The van der Waals surface area contributed by atoms with Gasteiger partial charge >= 0.3 is 5.97 Å². The largest absolute Gasteiger partial charge is 0.452 e. The van der Waals surface area contributed by atoms with E-state index in [1.54, 1.807) is 18.2 Å². The number of amides is 2. The number of carbonyl (C=O) groups is 3. The number of benzene rings is 1. The normalized spacial score (nSPS) is 14.2. The summed E-state index contributed by atoms with van der Waals surface area (Å²) >= 11 is 0. The van der Waals surface area contributed by atoms with Crippen LogP contribution in [0.4, 0.5) is 5.69 Å². The van der Waals surface area contributed by atoms with Crippen LogP contribution in [0.3, 0.4) is 0 Å². The average molecular weight is 290 g/mol. The Kier molecular flexibility index (Phi) is 4.57. The summed E-state index contributed by atoms with van der Waals surface area (Å²) < 4.78 is 4.98. The number of esters is 1. The summed E-state index contributed by atoms with van der Waals surface area (Å²) in [7, 11) is 3.74. The van der Waals surface area contributed by atoms with Gasteiger partial charge in [-0.15, -0.1) is 0 Å². The minimum atomic E-state index is -0.571. The lowest BCUT2D eigenvalue weighted by atomic mass is 10.2. The number of hydrogen-bond acceptors (Lipinski definition) is 5. The molecule has 0 aliphatic carbocycles. The summed E-state index contributed by atoms with van der Waals surface area (Å²) in [6.45, 7) is 0.00208. The highest BCUT2D eigenvalue weighted by Gasteiger charge is 2.27. The molecule has 1 aromatic carbocycles. The van der Waals surface area contributed by atoms with Crippen LogP contribution in [0.5, 0.6) is 0 Å². The molecule has 0 bridgehead atoms. The van der Waals surface area contributed by atoms with Crippen LogP contribution in [0, 0.1) is 0 Å². The van der Waals surface area contributed by atoms with Crippen molar-refractivity contribution < 1.29 is 19.1 Å². The molecule has 6 nitrogen and oxygen atoms in total. The van der Waals surface area contributed by atoms with Gasteiger partial charge in [0.25, 0.3) is 5.91 Å². The van der Waals surface area contributed by atoms with Crippen molar-refractivity contribution >= 4 is 23.5 Å². The van der Waals surface area contributed by atoms with Gasteiger partial charge in [-0.25, -0.2) is 4.79 Å². The molecule has 112 valence electrons. The standard InChI is InChI=1S/C15H18N2O4/c1-16(2)12-6-3-5-11(9-12)15(20)21-10-14(19)17-8-4-7-13(17)18/h3,5-6,9H,4,7-8,10H2,1-2H3. The Bertz CT molecular complexity index is 569. The van der Waals surface area contributed by atoms with E-state index in [1.807, 2.05) is 25.1 Å². The zero-order chi connectivity index (χ0) is 15.4. The van der Waals surface area contributed by atoms with Gasteiger partial charge in [0.2, 0.25) is 5.91 Å². The van der Waals surface area contributed by atoms with Crippen LogP contribution in [0.15, 0.2) is 24.3 Å². The van der Waals surface area contributed by atoms with Crippen LogP contribution in [0.25, 0.3) is 0 Å². The van der Waals surface area contributed by atoms with Gasteiger partial charge in [-0.05, 0) is 24.6 Å². The van der Waals surface area contributed by atoms with E-state index < -0.39 is 18.5 Å². The number of carbonyl (C=O) groups excluding carboxylic acids is 3. The molecule has 1 fully saturated rings. The lowest BCUT2D eigenvalue weighted by Gasteiger charge is -2.15. The molecule has 6 heteroatoms. The second-order valence-corrected chi connectivity index (χ2v) is 5.06. The maximum Gasteiger partial charge on any atom is 0.338 e. The van der Waals surface area contributed by atoms with Gasteiger partial charge in [-0.1, -0.05) is 6.07 Å². The van der Waals surface area contributed by atoms with E-state index in [-0.39, 0.29) is 5.91 Å². The van der Waals surface area contributed by atoms with Crippen molar-refractivity contribution in [1.82, 2.24) is 4.90 Å². The van der Waals surface area contributed by atoms with Crippen LogP contribution in [0.2, 0.25) is 0 Å². The van der Waals surface area contributed by atoms with E-state index >= 15 is 0 Å². The maximum absolute atomic E-state index is 11.9. The van der Waals surface area contributed by atoms with Gasteiger partial charge in [0.1, 0.15) is 0 Å². The summed E-state index contributed by atoms with van der Waals surface area (Å²) in [5.74, 6) is -1.24. The van der Waals surface area contributed by atoms with Crippen LogP contribution >= 0.6 is 0 Å². The van der Waals surface area contributed by atoms with Crippen molar-refractivity contribution in [2.45, 2.75) is 12.8 Å². The highest BCUT2D eigenvalue weighted by molar-refractivity contribution is 5.98. The second-order valence-electron chi connectivity index (χ2n) is 5.06. The molecule has 0 atom stereocenters. The molecule has 0 unspecified atom stereocenters. The molecule has 0 aromatic heterocycles. The van der Waals surface area contributed by atoms with Gasteiger partial charge in [-0.2, -0.15) is 0 Å². The maximum atomic E-state index is 11.9. The fourth-order valence-electron chi connectivity index (χ4n) is 2.11. The number of hydrogen-bond donors (Lipinski definition) is 0. The molecular formula is C15H18N2O4. The molecule has 1 saturated heterocycles. The predicted octanol–water partition coefficient (Wildman–Crippen LogP) is 1.06. The van der Waals surface area contributed by atoms with Gasteiger partial charge in [0.05, 0.1) is 5.56 Å². The quantitative estimate of drug-likeness (QED) is 0.776. The van der Waals surface area contributed by atoms with Crippen LogP contribution in [-0.4, -0.2) is 49.9 Å². The molecule has 2 amide bonds. The fourth-order valence-corrected chi connectivity index (χ4v) is 2.11. The zero-order valence-electron chi connectivity index (χ0n) is 12.2. The van der Waals surface area contributed by atoms with Gasteiger partial charge in [0.15, 0.2) is 6.61 Å². The summed E-state index contributed by atoms with van der Waals surface area (Å²) in [6, 6.07) is 6.93. The number of likely N-dealkylation sites (tertiary alicyclic amines) is 1. The minimum absolute atomic E-state index is 0.203. The van der Waals surface area contributed by atoms with Crippen molar-refractivity contribution in [2.24, 2.45) is 0 Å². The van der Waals surface area contributed by atoms with Crippen LogP contribution in [-0.2, 0) is 14.3 Å². The summed E-state index contributed by atoms with van der Waals surface area (Å²) in [5.41, 5.74) is 1.24. The fraction of sp³-hybridized carbons (Fsp3) is 0.400. The van der Waals surface area contributed by atoms with E-state index in [9.17, 15) is 14.4 Å². The summed E-state index contributed by atoms with van der Waals surface area (Å²) in [4.78, 5) is 38.1. The molecule has 0 saturated carbocycles. The third-order valence-electron chi connectivity index (χ3n) is 3.30. The Balaban J connectivity index is 1.94. The molecule has 1 heterocycles. The van der Waals surface area contributed by atoms with Gasteiger partial charge in [-0.3, -0.25) is 14.5 Å². The average Bonchev–Trinajstić information content (AvgIpc) is 2.90. The Labute approximate surface area is 123 Å². The van der Waals surface area contributed by atoms with E-state index in [0.717, 1.165) is 10.6 Å². The van der Waals surface area contributed by atoms with Crippen LogP contribution < -0.4 is 4.90 Å². The third kappa shape index (κ3) is 3.59. The van der Waals surface area contributed by atoms with Crippen molar-refractivity contribution in [3.8, 4) is 0 Å². The van der Waals surface area contributed by atoms with Crippen molar-refractivity contribution in [1.29, 1.82) is 0 Å². The highest BCUT2D eigenvalue weighted by Crippen LogP contribution is 2.14. The molecule has 21 heavy (non-hydrogen) atoms. The zero-order valence-corrected chi connectivity index (χ0v) is 12.2. The number of nitrogens with zero attached hydrogens (tertiary/aromatic N) is 2. The Morgan fingerprint density at radius 1 is 1.33 bits per heavy atom. The second kappa shape index (κ2) is 6.39. The third-order valence-corrected chi connectivity index (χ3v) is 3.30.